The molecule has 28 heavy (non-hydrogen) atoms. The van der Waals surface area contributed by atoms with Gasteiger partial charge in [-0.3, -0.25) is 19.6 Å². The first kappa shape index (κ1) is 20.7. The molecule has 146 valence electrons. The first-order chi connectivity index (χ1) is 13.1. The summed E-state index contributed by atoms with van der Waals surface area (Å²) < 4.78 is 4.93. The molecular formula is C19H20N4O5. The molecule has 1 heterocycles. The van der Waals surface area contributed by atoms with Gasteiger partial charge >= 0.3 is 0 Å². The summed E-state index contributed by atoms with van der Waals surface area (Å²) in [5.74, 6) is 3.64. The van der Waals surface area contributed by atoms with Crippen LogP contribution in [-0.4, -0.2) is 57.7 Å². The SMILES string of the molecule is Cc1cc(C#Cc2ccc(C(=O)N(C)[C@@](C)(C(N)=O)C(=O)N(C)O)cc2)no1. The van der Waals surface area contributed by atoms with Crippen molar-refractivity contribution in [2.45, 2.75) is 19.4 Å². The lowest BCUT2D eigenvalue weighted by atomic mass is 9.96. The van der Waals surface area contributed by atoms with Crippen molar-refractivity contribution in [3.63, 3.8) is 0 Å². The van der Waals surface area contributed by atoms with Gasteiger partial charge in [0.15, 0.2) is 11.2 Å². The molecule has 0 saturated heterocycles. The molecule has 0 unspecified atom stereocenters. The van der Waals surface area contributed by atoms with Crippen LogP contribution in [0.4, 0.5) is 0 Å². The van der Waals surface area contributed by atoms with E-state index in [2.05, 4.69) is 17.0 Å². The average Bonchev–Trinajstić information content (AvgIpc) is 3.09. The Balaban J connectivity index is 2.25. The van der Waals surface area contributed by atoms with Crippen LogP contribution < -0.4 is 5.73 Å². The van der Waals surface area contributed by atoms with Gasteiger partial charge < -0.3 is 15.2 Å². The summed E-state index contributed by atoms with van der Waals surface area (Å²) in [6, 6.07) is 7.93. The fourth-order valence-electron chi connectivity index (χ4n) is 2.38. The van der Waals surface area contributed by atoms with Crippen LogP contribution in [0.5, 0.6) is 0 Å². The van der Waals surface area contributed by atoms with E-state index >= 15 is 0 Å². The highest BCUT2D eigenvalue weighted by atomic mass is 16.5. The molecule has 1 aromatic carbocycles. The number of nitrogens with two attached hydrogens (primary N) is 1. The zero-order valence-electron chi connectivity index (χ0n) is 15.9. The van der Waals surface area contributed by atoms with Gasteiger partial charge in [0.05, 0.1) is 0 Å². The first-order valence-electron chi connectivity index (χ1n) is 8.18. The molecule has 2 rings (SSSR count). The summed E-state index contributed by atoms with van der Waals surface area (Å²) in [7, 11) is 2.31. The zero-order chi connectivity index (χ0) is 21.1. The molecule has 0 aliphatic carbocycles. The van der Waals surface area contributed by atoms with Gasteiger partial charge in [-0.1, -0.05) is 11.1 Å². The van der Waals surface area contributed by atoms with Gasteiger partial charge in [0.1, 0.15) is 5.76 Å². The van der Waals surface area contributed by atoms with E-state index in [9.17, 15) is 19.6 Å². The van der Waals surface area contributed by atoms with Crippen LogP contribution in [0.25, 0.3) is 0 Å². The molecule has 0 aliphatic heterocycles. The van der Waals surface area contributed by atoms with Crippen LogP contribution in [0, 0.1) is 18.8 Å². The largest absolute Gasteiger partial charge is 0.367 e. The maximum atomic E-state index is 12.7. The van der Waals surface area contributed by atoms with E-state index in [0.717, 1.165) is 11.9 Å². The summed E-state index contributed by atoms with van der Waals surface area (Å²) in [6.07, 6.45) is 0. The number of carbonyl (C=O) groups is 3. The molecule has 1 aromatic heterocycles. The first-order valence-corrected chi connectivity index (χ1v) is 8.18. The average molecular weight is 384 g/mol. The number of primary amides is 1. The van der Waals surface area contributed by atoms with Crippen molar-refractivity contribution < 1.29 is 24.1 Å². The summed E-state index contributed by atoms with van der Waals surface area (Å²) in [6.45, 7) is 2.93. The third-order valence-corrected chi connectivity index (χ3v) is 4.26. The van der Waals surface area contributed by atoms with E-state index in [1.54, 1.807) is 25.1 Å². The summed E-state index contributed by atoms with van der Waals surface area (Å²) >= 11 is 0. The number of hydrogen-bond donors (Lipinski definition) is 2. The molecule has 9 nitrogen and oxygen atoms in total. The van der Waals surface area contributed by atoms with Crippen LogP contribution in [-0.2, 0) is 9.59 Å². The number of amides is 3. The number of carbonyl (C=O) groups excluding carboxylic acids is 3. The number of aromatic nitrogens is 1. The normalized spacial score (nSPS) is 12.3. The number of aryl methyl sites for hydroxylation is 1. The summed E-state index contributed by atoms with van der Waals surface area (Å²) in [5.41, 5.74) is 4.60. The van der Waals surface area contributed by atoms with E-state index in [0.29, 0.717) is 17.0 Å². The Kier molecular flexibility index (Phi) is 5.86. The maximum Gasteiger partial charge on any atom is 0.281 e. The lowest BCUT2D eigenvalue weighted by Gasteiger charge is -2.35. The van der Waals surface area contributed by atoms with Gasteiger partial charge in [0.25, 0.3) is 17.7 Å². The standard InChI is InChI=1S/C19H20N4O5/c1-12-11-15(21-28-12)10-7-13-5-8-14(9-6-13)16(24)22(3)19(2,17(20)25)18(26)23(4)27/h5-6,8-9,11,27H,1-4H3,(H2,20,25)/t19-/m0/s1. The molecule has 9 heteroatoms. The minimum Gasteiger partial charge on any atom is -0.367 e. The van der Waals surface area contributed by atoms with Crippen LogP contribution in [0.1, 0.15) is 34.3 Å². The fourth-order valence-corrected chi connectivity index (χ4v) is 2.38. The van der Waals surface area contributed by atoms with Crippen molar-refractivity contribution in [1.29, 1.82) is 0 Å². The van der Waals surface area contributed by atoms with Crippen molar-refractivity contribution in [2.75, 3.05) is 14.1 Å². The number of hydroxylamine groups is 2. The molecular weight excluding hydrogens is 364 g/mol. The second kappa shape index (κ2) is 7.94. The molecule has 0 fully saturated rings. The quantitative estimate of drug-likeness (QED) is 0.343. The highest BCUT2D eigenvalue weighted by Gasteiger charge is 2.47. The van der Waals surface area contributed by atoms with Crippen molar-refractivity contribution in [1.82, 2.24) is 15.1 Å². The second-order valence-corrected chi connectivity index (χ2v) is 6.28. The van der Waals surface area contributed by atoms with Gasteiger partial charge in [-0.05, 0) is 44.0 Å². The molecule has 2 aromatic rings. The number of likely N-dealkylation sites (N-methyl/N-ethyl adjacent to an activating group) is 2. The number of nitrogens with zero attached hydrogens (tertiary/aromatic N) is 3. The zero-order valence-corrected chi connectivity index (χ0v) is 15.9. The third kappa shape index (κ3) is 4.02. The second-order valence-electron chi connectivity index (χ2n) is 6.28. The predicted octanol–water partition coefficient (Wildman–Crippen LogP) is 0.546. The topological polar surface area (TPSA) is 130 Å². The van der Waals surface area contributed by atoms with Crippen LogP contribution >= 0.6 is 0 Å². The predicted molar refractivity (Wildman–Crippen MR) is 97.9 cm³/mol. The highest BCUT2D eigenvalue weighted by Crippen LogP contribution is 2.19. The Morgan fingerprint density at radius 2 is 1.79 bits per heavy atom. The summed E-state index contributed by atoms with van der Waals surface area (Å²) in [5, 5.41) is 13.4. The third-order valence-electron chi connectivity index (χ3n) is 4.26. The highest BCUT2D eigenvalue weighted by molar-refractivity contribution is 6.12. The van der Waals surface area contributed by atoms with Crippen molar-refractivity contribution in [3.8, 4) is 11.8 Å². The van der Waals surface area contributed by atoms with Crippen LogP contribution in [0.3, 0.4) is 0 Å². The van der Waals surface area contributed by atoms with Crippen molar-refractivity contribution in [2.24, 2.45) is 5.73 Å². The van der Waals surface area contributed by atoms with E-state index in [-0.39, 0.29) is 10.6 Å². The monoisotopic (exact) mass is 384 g/mol. The molecule has 0 saturated carbocycles. The lowest BCUT2D eigenvalue weighted by Crippen LogP contribution is -2.64. The number of hydrogen-bond acceptors (Lipinski definition) is 6. The van der Waals surface area contributed by atoms with E-state index in [4.69, 9.17) is 10.3 Å². The Morgan fingerprint density at radius 1 is 1.18 bits per heavy atom. The molecule has 0 spiro atoms. The van der Waals surface area contributed by atoms with E-state index in [1.165, 1.54) is 26.1 Å². The van der Waals surface area contributed by atoms with Gasteiger partial charge in [-0.2, -0.15) is 0 Å². The van der Waals surface area contributed by atoms with Gasteiger partial charge in [-0.25, -0.2) is 5.06 Å². The molecule has 0 aliphatic rings. The Bertz CT molecular complexity index is 968. The minimum absolute atomic E-state index is 0.214. The van der Waals surface area contributed by atoms with Gasteiger partial charge in [-0.15, -0.1) is 0 Å². The van der Waals surface area contributed by atoms with E-state index in [1.807, 2.05) is 0 Å². The Morgan fingerprint density at radius 3 is 2.25 bits per heavy atom. The molecule has 1 atom stereocenters. The Labute approximate surface area is 161 Å². The molecule has 0 bridgehead atoms. The molecule has 0 radical (unpaired) electrons. The number of rotatable bonds is 4. The fraction of sp³-hybridized carbons (Fsp3) is 0.263. The molecule has 3 amide bonds. The van der Waals surface area contributed by atoms with Gasteiger partial charge in [0.2, 0.25) is 0 Å². The lowest BCUT2D eigenvalue weighted by molar-refractivity contribution is -0.172. The van der Waals surface area contributed by atoms with Crippen LogP contribution in [0.2, 0.25) is 0 Å². The van der Waals surface area contributed by atoms with Crippen molar-refractivity contribution in [3.05, 3.63) is 52.9 Å². The van der Waals surface area contributed by atoms with Gasteiger partial charge in [0, 0.05) is 31.3 Å². The maximum absolute atomic E-state index is 12.7. The minimum atomic E-state index is -2.05. The number of benzene rings is 1. The van der Waals surface area contributed by atoms with Crippen molar-refractivity contribution >= 4 is 17.7 Å². The van der Waals surface area contributed by atoms with E-state index < -0.39 is 23.3 Å². The smallest absolute Gasteiger partial charge is 0.281 e. The van der Waals surface area contributed by atoms with Crippen LogP contribution in [0.15, 0.2) is 34.9 Å². The summed E-state index contributed by atoms with van der Waals surface area (Å²) in [4.78, 5) is 37.7. The molecule has 3 N–H and O–H groups in total. The Hall–Kier alpha value is -3.64.